The number of para-hydroxylation sites is 1. The van der Waals surface area contributed by atoms with Crippen LogP contribution in [0.3, 0.4) is 0 Å². The zero-order chi connectivity index (χ0) is 24.8. The number of rotatable bonds is 5. The van der Waals surface area contributed by atoms with Crippen LogP contribution in [0.1, 0.15) is 22.9 Å². The molecule has 2 amide bonds. The third-order valence-electron chi connectivity index (χ3n) is 7.54. The smallest absolute Gasteiger partial charge is 0.246 e. The van der Waals surface area contributed by atoms with Crippen molar-refractivity contribution in [3.05, 3.63) is 70.6 Å². The Balaban J connectivity index is 1.38. The van der Waals surface area contributed by atoms with Crippen molar-refractivity contribution in [2.45, 2.75) is 18.5 Å². The number of H-pyrrole nitrogens is 1. The largest absolute Gasteiger partial charge is 0.733 e. The lowest BCUT2D eigenvalue weighted by Gasteiger charge is -2.47. The van der Waals surface area contributed by atoms with Crippen LogP contribution in [-0.2, 0) is 20.7 Å². The SMILES string of the molecule is O=C1[C@@H]2Cc3c([nH]c4ccccc34)C(c3cccc(N([O-])O)c3)N2C(=O)CN1CCN1CCOCC1. The monoisotopic (exact) mass is 490 g/mol. The Morgan fingerprint density at radius 3 is 2.69 bits per heavy atom. The molecule has 0 spiro atoms. The van der Waals surface area contributed by atoms with Gasteiger partial charge in [-0.15, -0.1) is 0 Å². The van der Waals surface area contributed by atoms with Gasteiger partial charge in [-0.1, -0.05) is 30.3 Å². The lowest BCUT2D eigenvalue weighted by Crippen LogP contribution is -2.63. The summed E-state index contributed by atoms with van der Waals surface area (Å²) in [6.45, 7) is 4.22. The fourth-order valence-electron chi connectivity index (χ4n) is 5.76. The van der Waals surface area contributed by atoms with Crippen LogP contribution in [0.15, 0.2) is 48.5 Å². The van der Waals surface area contributed by atoms with Gasteiger partial charge in [-0.2, -0.15) is 0 Å². The number of carbonyl (C=O) groups excluding carboxylic acids is 2. The molecule has 2 N–H and O–H groups in total. The maximum absolute atomic E-state index is 13.8. The van der Waals surface area contributed by atoms with Gasteiger partial charge in [0.1, 0.15) is 6.04 Å². The molecule has 0 saturated carbocycles. The number of nitrogens with zero attached hydrogens (tertiary/aromatic N) is 4. The van der Waals surface area contributed by atoms with Crippen molar-refractivity contribution >= 4 is 28.4 Å². The Morgan fingerprint density at radius 1 is 1.08 bits per heavy atom. The summed E-state index contributed by atoms with van der Waals surface area (Å²) in [5, 5.41) is 22.0. The summed E-state index contributed by atoms with van der Waals surface area (Å²) in [5.74, 6) is -0.197. The summed E-state index contributed by atoms with van der Waals surface area (Å²) < 4.78 is 5.41. The Morgan fingerprint density at radius 2 is 1.89 bits per heavy atom. The highest BCUT2D eigenvalue weighted by molar-refractivity contribution is 5.97. The van der Waals surface area contributed by atoms with Gasteiger partial charge in [0.05, 0.1) is 31.5 Å². The zero-order valence-electron chi connectivity index (χ0n) is 19.8. The molecule has 188 valence electrons. The van der Waals surface area contributed by atoms with E-state index in [0.29, 0.717) is 38.3 Å². The number of anilines is 1. The van der Waals surface area contributed by atoms with E-state index in [1.54, 1.807) is 21.9 Å². The number of piperazine rings is 1. The Kier molecular flexibility index (Phi) is 5.88. The number of fused-ring (bicyclic) bond motifs is 4. The van der Waals surface area contributed by atoms with Gasteiger partial charge >= 0.3 is 0 Å². The van der Waals surface area contributed by atoms with Gasteiger partial charge in [0.15, 0.2) is 0 Å². The van der Waals surface area contributed by atoms with Gasteiger partial charge in [0.2, 0.25) is 11.8 Å². The molecule has 1 unspecified atom stereocenters. The highest BCUT2D eigenvalue weighted by Crippen LogP contribution is 2.43. The molecule has 10 nitrogen and oxygen atoms in total. The van der Waals surface area contributed by atoms with E-state index in [1.165, 1.54) is 6.07 Å². The zero-order valence-corrected chi connectivity index (χ0v) is 19.8. The van der Waals surface area contributed by atoms with Gasteiger partial charge < -0.3 is 30.0 Å². The van der Waals surface area contributed by atoms with Crippen LogP contribution in [0.25, 0.3) is 10.9 Å². The van der Waals surface area contributed by atoms with E-state index in [9.17, 15) is 20.0 Å². The molecular formula is C26H28N5O5-. The summed E-state index contributed by atoms with van der Waals surface area (Å²) in [4.78, 5) is 36.5. The molecule has 3 aromatic rings. The van der Waals surface area contributed by atoms with E-state index in [-0.39, 0.29) is 29.3 Å². The standard InChI is InChI=1S/C26H28N5O5/c32-23-16-29(9-8-28-10-12-36-13-11-28)26(33)22-15-20-19-6-1-2-7-21(19)27-24(20)25(30(22)23)17-4-3-5-18(14-17)31(34)35/h1-7,14,22,25,27,34H,8-13,15-16H2/q-1/t22-,25?/m0/s1. The van der Waals surface area contributed by atoms with Crippen molar-refractivity contribution in [1.82, 2.24) is 19.7 Å². The number of hydrogen-bond donors (Lipinski definition) is 2. The number of morpholine rings is 1. The molecule has 0 bridgehead atoms. The van der Waals surface area contributed by atoms with Gasteiger partial charge in [-0.3, -0.25) is 19.7 Å². The average molecular weight is 491 g/mol. The molecule has 10 heteroatoms. The number of ether oxygens (including phenoxy) is 1. The molecule has 0 radical (unpaired) electrons. The molecule has 2 fully saturated rings. The van der Waals surface area contributed by atoms with Crippen LogP contribution < -0.4 is 5.23 Å². The quantitative estimate of drug-likeness (QED) is 0.525. The van der Waals surface area contributed by atoms with Crippen molar-refractivity contribution in [2.24, 2.45) is 0 Å². The number of benzene rings is 2. The fourth-order valence-corrected chi connectivity index (χ4v) is 5.76. The molecular weight excluding hydrogens is 462 g/mol. The molecule has 1 aromatic heterocycles. The van der Waals surface area contributed by atoms with Crippen molar-refractivity contribution in [3.8, 4) is 0 Å². The van der Waals surface area contributed by atoms with Crippen molar-refractivity contribution in [3.63, 3.8) is 0 Å². The summed E-state index contributed by atoms with van der Waals surface area (Å²) in [6.07, 6.45) is 0.418. The van der Waals surface area contributed by atoms with Crippen LogP contribution in [-0.4, -0.2) is 88.7 Å². The molecule has 2 atom stereocenters. The predicted octanol–water partition coefficient (Wildman–Crippen LogP) is 1.88. The van der Waals surface area contributed by atoms with Gasteiger partial charge in [0.25, 0.3) is 0 Å². The maximum Gasteiger partial charge on any atom is 0.246 e. The number of carbonyl (C=O) groups is 2. The molecule has 3 aliphatic heterocycles. The summed E-state index contributed by atoms with van der Waals surface area (Å²) >= 11 is 0. The summed E-state index contributed by atoms with van der Waals surface area (Å²) in [5.41, 5.74) is 3.49. The first-order valence-corrected chi connectivity index (χ1v) is 12.3. The second-order valence-corrected chi connectivity index (χ2v) is 9.57. The molecule has 2 aromatic carbocycles. The van der Waals surface area contributed by atoms with Gasteiger partial charge in [-0.25, -0.2) is 0 Å². The van der Waals surface area contributed by atoms with Crippen molar-refractivity contribution < 1.29 is 19.5 Å². The predicted molar refractivity (Wildman–Crippen MR) is 132 cm³/mol. The molecule has 3 aliphatic rings. The second kappa shape index (κ2) is 9.21. The second-order valence-electron chi connectivity index (χ2n) is 9.57. The summed E-state index contributed by atoms with van der Waals surface area (Å²) in [6, 6.07) is 13.2. The number of aromatic nitrogens is 1. The third-order valence-corrected chi connectivity index (χ3v) is 7.54. The highest BCUT2D eigenvalue weighted by Gasteiger charge is 2.48. The Hall–Kier alpha value is -3.44. The third kappa shape index (κ3) is 3.92. The molecule has 4 heterocycles. The van der Waals surface area contributed by atoms with E-state index < -0.39 is 12.1 Å². The van der Waals surface area contributed by atoms with Crippen molar-refractivity contribution in [1.29, 1.82) is 0 Å². The van der Waals surface area contributed by atoms with Gasteiger partial charge in [-0.05, 0) is 29.3 Å². The number of hydrogen-bond acceptors (Lipinski definition) is 7. The molecule has 0 aliphatic carbocycles. The van der Waals surface area contributed by atoms with Crippen LogP contribution in [0, 0.1) is 5.21 Å². The number of amides is 2. The highest BCUT2D eigenvalue weighted by atomic mass is 16.8. The van der Waals surface area contributed by atoms with E-state index in [2.05, 4.69) is 9.88 Å². The molecule has 2 saturated heterocycles. The van der Waals surface area contributed by atoms with Crippen LogP contribution >= 0.6 is 0 Å². The topological polar surface area (TPSA) is 115 Å². The molecule has 36 heavy (non-hydrogen) atoms. The lowest BCUT2D eigenvalue weighted by atomic mass is 9.86. The van der Waals surface area contributed by atoms with E-state index in [4.69, 9.17) is 4.74 Å². The maximum atomic E-state index is 13.8. The first-order chi connectivity index (χ1) is 17.5. The first kappa shape index (κ1) is 23.0. The van der Waals surface area contributed by atoms with E-state index in [0.717, 1.165) is 35.2 Å². The Bertz CT molecular complexity index is 1300. The number of nitrogens with one attached hydrogen (secondary N) is 1. The fraction of sp³-hybridized carbons (Fsp3) is 0.385. The van der Waals surface area contributed by atoms with Gasteiger partial charge in [0, 0.05) is 49.2 Å². The van der Waals surface area contributed by atoms with Crippen LogP contribution in [0.4, 0.5) is 5.69 Å². The minimum atomic E-state index is -0.645. The molecule has 6 rings (SSSR count). The normalized spacial score (nSPS) is 22.6. The Labute approximate surface area is 208 Å². The number of aromatic amines is 1. The summed E-state index contributed by atoms with van der Waals surface area (Å²) in [7, 11) is 0. The van der Waals surface area contributed by atoms with Crippen LogP contribution in [0.2, 0.25) is 0 Å². The van der Waals surface area contributed by atoms with E-state index >= 15 is 0 Å². The average Bonchev–Trinajstić information content (AvgIpc) is 3.28. The van der Waals surface area contributed by atoms with Crippen LogP contribution in [0.5, 0.6) is 0 Å². The van der Waals surface area contributed by atoms with Crippen molar-refractivity contribution in [2.75, 3.05) is 51.2 Å². The minimum Gasteiger partial charge on any atom is -0.733 e. The first-order valence-electron chi connectivity index (χ1n) is 12.3. The lowest BCUT2D eigenvalue weighted by molar-refractivity contribution is -0.158. The minimum absolute atomic E-state index is 0.0130. The van der Waals surface area contributed by atoms with E-state index in [1.807, 2.05) is 30.3 Å².